The molecule has 2 aliphatic heterocycles. The Morgan fingerprint density at radius 3 is 2.38 bits per heavy atom. The van der Waals surface area contributed by atoms with E-state index in [1.807, 2.05) is 48.5 Å². The van der Waals surface area contributed by atoms with E-state index in [0.717, 1.165) is 11.9 Å². The Labute approximate surface area is 173 Å². The Bertz CT molecular complexity index is 717. The lowest BCUT2D eigenvalue weighted by Crippen LogP contribution is -2.41. The molecule has 0 saturated carbocycles. The summed E-state index contributed by atoms with van der Waals surface area (Å²) >= 11 is 0. The van der Waals surface area contributed by atoms with Gasteiger partial charge in [-0.15, -0.1) is 0 Å². The van der Waals surface area contributed by atoms with Crippen molar-refractivity contribution >= 4 is 24.6 Å². The van der Waals surface area contributed by atoms with E-state index in [1.54, 1.807) is 17.3 Å². The number of nitrogens with zero attached hydrogens (tertiary/aromatic N) is 3. The summed E-state index contributed by atoms with van der Waals surface area (Å²) in [5.74, 6) is 0.898. The molecule has 160 valence electrons. The van der Waals surface area contributed by atoms with Gasteiger partial charge in [-0.3, -0.25) is 0 Å². The van der Waals surface area contributed by atoms with E-state index >= 15 is 0 Å². The van der Waals surface area contributed by atoms with Gasteiger partial charge in [0.2, 0.25) is 5.95 Å². The molecule has 0 bridgehead atoms. The van der Waals surface area contributed by atoms with Gasteiger partial charge >= 0.3 is 13.2 Å². The second-order valence-corrected chi connectivity index (χ2v) is 9.89. The highest BCUT2D eigenvalue weighted by molar-refractivity contribution is 6.61. The third-order valence-electron chi connectivity index (χ3n) is 5.68. The maximum absolute atomic E-state index is 12.2. The molecule has 0 spiro atoms. The quantitative estimate of drug-likeness (QED) is 0.772. The fraction of sp³-hybridized carbons (Fsp3) is 0.750. The summed E-state index contributed by atoms with van der Waals surface area (Å²) in [6.45, 7) is 15.8. The Hall–Kier alpha value is -1.87. The Balaban J connectivity index is 1.49. The van der Waals surface area contributed by atoms with Gasteiger partial charge in [0, 0.05) is 37.5 Å². The fourth-order valence-corrected chi connectivity index (χ4v) is 3.26. The smallest absolute Gasteiger partial charge is 0.444 e. The molecule has 1 aromatic heterocycles. The number of hydrogen-bond acceptors (Lipinski definition) is 7. The van der Waals surface area contributed by atoms with Crippen LogP contribution in [0.1, 0.15) is 54.9 Å². The van der Waals surface area contributed by atoms with Crippen LogP contribution in [-0.4, -0.2) is 64.5 Å². The van der Waals surface area contributed by atoms with Gasteiger partial charge in [-0.25, -0.2) is 14.8 Å². The average Bonchev–Trinajstić information content (AvgIpc) is 3.14. The maximum atomic E-state index is 12.2. The van der Waals surface area contributed by atoms with E-state index in [1.165, 1.54) is 0 Å². The predicted octanol–water partition coefficient (Wildman–Crippen LogP) is 2.44. The third kappa shape index (κ3) is 5.19. The molecule has 29 heavy (non-hydrogen) atoms. The fourth-order valence-electron chi connectivity index (χ4n) is 3.26. The zero-order valence-electron chi connectivity index (χ0n) is 18.6. The van der Waals surface area contributed by atoms with E-state index in [-0.39, 0.29) is 6.09 Å². The predicted molar refractivity (Wildman–Crippen MR) is 112 cm³/mol. The summed E-state index contributed by atoms with van der Waals surface area (Å²) in [5, 5.41) is 3.26. The first-order valence-electron chi connectivity index (χ1n) is 10.3. The first kappa shape index (κ1) is 21.8. The Kier molecular flexibility index (Phi) is 5.84. The van der Waals surface area contributed by atoms with E-state index in [4.69, 9.17) is 14.0 Å². The molecule has 0 aliphatic carbocycles. The van der Waals surface area contributed by atoms with Crippen molar-refractivity contribution in [1.29, 1.82) is 0 Å². The molecule has 9 heteroatoms. The van der Waals surface area contributed by atoms with E-state index < -0.39 is 23.9 Å². The lowest BCUT2D eigenvalue weighted by molar-refractivity contribution is 0.00578. The van der Waals surface area contributed by atoms with Crippen LogP contribution < -0.4 is 10.8 Å². The highest BCUT2D eigenvalue weighted by Gasteiger charge is 2.52. The minimum absolute atomic E-state index is 0.247. The lowest BCUT2D eigenvalue weighted by atomic mass is 9.81. The van der Waals surface area contributed by atoms with E-state index in [2.05, 4.69) is 15.3 Å². The molecule has 1 amide bonds. The number of anilines is 1. The molecular weight excluding hydrogens is 371 g/mol. The number of carbonyl (C=O) groups excluding carboxylic acids is 1. The van der Waals surface area contributed by atoms with Gasteiger partial charge in [0.05, 0.1) is 11.2 Å². The minimum Gasteiger partial charge on any atom is -0.444 e. The zero-order valence-corrected chi connectivity index (χ0v) is 18.6. The first-order chi connectivity index (χ1) is 13.4. The van der Waals surface area contributed by atoms with E-state index in [0.29, 0.717) is 31.5 Å². The Morgan fingerprint density at radius 1 is 1.24 bits per heavy atom. The molecule has 8 nitrogen and oxygen atoms in total. The highest BCUT2D eigenvalue weighted by Crippen LogP contribution is 2.36. The molecule has 3 heterocycles. The van der Waals surface area contributed by atoms with Crippen molar-refractivity contribution < 1.29 is 18.8 Å². The zero-order chi connectivity index (χ0) is 21.4. The summed E-state index contributed by atoms with van der Waals surface area (Å²) in [7, 11) is -0.466. The van der Waals surface area contributed by atoms with Crippen molar-refractivity contribution in [2.24, 2.45) is 5.92 Å². The number of amides is 1. The molecule has 2 saturated heterocycles. The first-order valence-corrected chi connectivity index (χ1v) is 10.3. The van der Waals surface area contributed by atoms with Gasteiger partial charge in [-0.05, 0) is 60.8 Å². The molecule has 0 aromatic carbocycles. The molecule has 0 radical (unpaired) electrons. The van der Waals surface area contributed by atoms with Crippen LogP contribution in [0.15, 0.2) is 12.4 Å². The van der Waals surface area contributed by atoms with Crippen LogP contribution in [0.3, 0.4) is 0 Å². The summed E-state index contributed by atoms with van der Waals surface area (Å²) in [6.07, 6.45) is 4.15. The van der Waals surface area contributed by atoms with Crippen molar-refractivity contribution in [2.45, 2.75) is 71.7 Å². The Morgan fingerprint density at radius 2 is 1.83 bits per heavy atom. The number of rotatable bonds is 4. The molecular formula is C20H33BN4O4. The normalized spacial score (nSPS) is 23.3. The van der Waals surface area contributed by atoms with Gasteiger partial charge in [-0.2, -0.15) is 0 Å². The highest BCUT2D eigenvalue weighted by atomic mass is 16.7. The van der Waals surface area contributed by atoms with E-state index in [9.17, 15) is 4.79 Å². The number of ether oxygens (including phenoxy) is 1. The van der Waals surface area contributed by atoms with Gasteiger partial charge in [0.15, 0.2) is 0 Å². The van der Waals surface area contributed by atoms with Crippen LogP contribution in [0, 0.1) is 5.92 Å². The number of nitrogens with one attached hydrogen (secondary N) is 1. The summed E-state index contributed by atoms with van der Waals surface area (Å²) in [4.78, 5) is 22.7. The number of carbonyl (C=O) groups is 1. The van der Waals surface area contributed by atoms with Gasteiger partial charge < -0.3 is 24.3 Å². The number of likely N-dealkylation sites (tertiary alicyclic amines) is 1. The van der Waals surface area contributed by atoms with Crippen LogP contribution >= 0.6 is 0 Å². The maximum Gasteiger partial charge on any atom is 0.498 e. The monoisotopic (exact) mass is 404 g/mol. The summed E-state index contributed by atoms with van der Waals surface area (Å²) < 4.78 is 17.5. The van der Waals surface area contributed by atoms with Crippen LogP contribution in [0.25, 0.3) is 0 Å². The molecule has 1 N–H and O–H groups in total. The standard InChI is InChI=1S/C20H33BN4O4/c1-18(2,3)27-17(26)25-9-8-14(13-25)10-22-16-23-11-15(12-24-16)21-28-19(4,5)20(6,7)29-21/h11-12,14H,8-10,13H2,1-7H3,(H,22,23,24)/t14-/m1/s1. The van der Waals surface area contributed by atoms with Crippen LogP contribution in [0.2, 0.25) is 0 Å². The van der Waals surface area contributed by atoms with Crippen molar-refractivity contribution in [3.05, 3.63) is 12.4 Å². The van der Waals surface area contributed by atoms with Crippen LogP contribution in [0.5, 0.6) is 0 Å². The molecule has 3 rings (SSSR count). The third-order valence-corrected chi connectivity index (χ3v) is 5.68. The molecule has 2 aliphatic rings. The minimum atomic E-state index is -0.472. The van der Waals surface area contributed by atoms with Gasteiger partial charge in [-0.1, -0.05) is 0 Å². The second kappa shape index (κ2) is 7.76. The van der Waals surface area contributed by atoms with Crippen molar-refractivity contribution in [2.75, 3.05) is 25.0 Å². The number of aromatic nitrogens is 2. The van der Waals surface area contributed by atoms with Gasteiger partial charge in [0.1, 0.15) is 5.60 Å². The van der Waals surface area contributed by atoms with Gasteiger partial charge in [0.25, 0.3) is 0 Å². The van der Waals surface area contributed by atoms with Crippen LogP contribution in [-0.2, 0) is 14.0 Å². The summed E-state index contributed by atoms with van der Waals surface area (Å²) in [5.41, 5.74) is -0.458. The molecule has 2 fully saturated rings. The SMILES string of the molecule is CC(C)(C)OC(=O)N1CC[C@H](CNc2ncc(B3OC(C)(C)C(C)(C)O3)cn2)C1. The average molecular weight is 404 g/mol. The largest absolute Gasteiger partial charge is 0.498 e. The number of hydrogen-bond donors (Lipinski definition) is 1. The van der Waals surface area contributed by atoms with Crippen molar-refractivity contribution in [3.8, 4) is 0 Å². The summed E-state index contributed by atoms with van der Waals surface area (Å²) in [6, 6.07) is 0. The van der Waals surface area contributed by atoms with Crippen LogP contribution in [0.4, 0.5) is 10.7 Å². The van der Waals surface area contributed by atoms with Crippen molar-refractivity contribution in [1.82, 2.24) is 14.9 Å². The second-order valence-electron chi connectivity index (χ2n) is 9.89. The molecule has 1 aromatic rings. The molecule has 1 atom stereocenters. The topological polar surface area (TPSA) is 85.8 Å². The molecule has 0 unspecified atom stereocenters. The van der Waals surface area contributed by atoms with Crippen molar-refractivity contribution in [3.63, 3.8) is 0 Å². The lowest BCUT2D eigenvalue weighted by Gasteiger charge is -2.32.